The Morgan fingerprint density at radius 3 is 2.85 bits per heavy atom. The lowest BCUT2D eigenvalue weighted by molar-refractivity contribution is -0.129. The molecule has 1 aromatic heterocycles. The molecule has 7 heteroatoms. The number of hydrogen-bond donors (Lipinski definition) is 0. The highest BCUT2D eigenvalue weighted by molar-refractivity contribution is 7.99. The molecule has 2 heterocycles. The zero-order valence-corrected chi connectivity index (χ0v) is 16.6. The van der Waals surface area contributed by atoms with Gasteiger partial charge in [0.05, 0.1) is 26.0 Å². The van der Waals surface area contributed by atoms with Gasteiger partial charge in [0.25, 0.3) is 0 Å². The van der Waals surface area contributed by atoms with Crippen LogP contribution in [0.2, 0.25) is 0 Å². The summed E-state index contributed by atoms with van der Waals surface area (Å²) in [6, 6.07) is 6.40. The van der Waals surface area contributed by atoms with Gasteiger partial charge in [0.1, 0.15) is 11.5 Å². The summed E-state index contributed by atoms with van der Waals surface area (Å²) in [6.45, 7) is 0.779. The number of carbonyl (C=O) groups excluding carboxylic acids is 1. The summed E-state index contributed by atoms with van der Waals surface area (Å²) >= 11 is 1.54. The monoisotopic (exact) mass is 387 g/mol. The van der Waals surface area contributed by atoms with Gasteiger partial charge < -0.3 is 18.9 Å². The molecule has 2 aromatic rings. The fourth-order valence-electron chi connectivity index (χ4n) is 3.74. The lowest BCUT2D eigenvalue weighted by Crippen LogP contribution is -2.32. The number of methoxy groups -OCH3 is 2. The van der Waals surface area contributed by atoms with E-state index in [1.165, 1.54) is 24.6 Å². The number of ether oxygens (including phenoxy) is 2. The number of likely N-dealkylation sites (tertiary alicyclic amines) is 1. The van der Waals surface area contributed by atoms with E-state index in [1.54, 1.807) is 14.2 Å². The second kappa shape index (κ2) is 7.84. The molecule has 144 valence electrons. The number of carbonyl (C=O) groups is 1. The Morgan fingerprint density at radius 2 is 2.11 bits per heavy atom. The van der Waals surface area contributed by atoms with Crippen molar-refractivity contribution in [2.45, 2.75) is 42.9 Å². The Morgan fingerprint density at radius 1 is 1.26 bits per heavy atom. The van der Waals surface area contributed by atoms with E-state index in [0.717, 1.165) is 41.6 Å². The molecule has 1 unspecified atom stereocenters. The van der Waals surface area contributed by atoms with Crippen LogP contribution in [0, 0.1) is 0 Å². The van der Waals surface area contributed by atoms with Gasteiger partial charge in [-0.2, -0.15) is 0 Å². The topological polar surface area (TPSA) is 56.6 Å². The van der Waals surface area contributed by atoms with Crippen LogP contribution in [0.25, 0.3) is 0 Å². The minimum atomic E-state index is 0.0336. The standard InChI is InChI=1S/C20H25N3O3S/c1-25-15-7-8-18(26-2)16(12-15)17-4-3-10-23(17)19(24)13-27-20-21-9-11-22(20)14-5-6-14/h7-9,11-12,14,17H,3-6,10,13H2,1-2H3. The second-order valence-corrected chi connectivity index (χ2v) is 7.93. The minimum absolute atomic E-state index is 0.0336. The van der Waals surface area contributed by atoms with E-state index < -0.39 is 0 Å². The highest BCUT2D eigenvalue weighted by atomic mass is 32.2. The third-order valence-electron chi connectivity index (χ3n) is 5.27. The minimum Gasteiger partial charge on any atom is -0.497 e. The molecule has 2 aliphatic rings. The van der Waals surface area contributed by atoms with Crippen LogP contribution >= 0.6 is 11.8 Å². The van der Waals surface area contributed by atoms with Crippen molar-refractivity contribution in [1.29, 1.82) is 0 Å². The lowest BCUT2D eigenvalue weighted by Gasteiger charge is -2.26. The first-order valence-corrected chi connectivity index (χ1v) is 10.4. The third kappa shape index (κ3) is 3.78. The first kappa shape index (κ1) is 18.2. The number of imidazole rings is 1. The number of benzene rings is 1. The summed E-state index contributed by atoms with van der Waals surface area (Å²) in [6.07, 6.45) is 8.20. The average Bonchev–Trinajstić information content (AvgIpc) is 3.23. The molecule has 1 saturated heterocycles. The number of thioether (sulfide) groups is 1. The lowest BCUT2D eigenvalue weighted by atomic mass is 10.0. The normalized spacial score (nSPS) is 19.3. The molecule has 1 atom stereocenters. The first-order valence-electron chi connectivity index (χ1n) is 9.38. The Labute approximate surface area is 163 Å². The second-order valence-electron chi connectivity index (χ2n) is 6.99. The molecule has 0 radical (unpaired) electrons. The summed E-state index contributed by atoms with van der Waals surface area (Å²) in [5, 5.41) is 0.945. The van der Waals surface area contributed by atoms with E-state index in [-0.39, 0.29) is 11.9 Å². The van der Waals surface area contributed by atoms with Crippen LogP contribution in [-0.2, 0) is 4.79 Å². The van der Waals surface area contributed by atoms with Crippen molar-refractivity contribution in [3.63, 3.8) is 0 Å². The predicted molar refractivity (Wildman–Crippen MR) is 104 cm³/mol. The average molecular weight is 388 g/mol. The zero-order valence-electron chi connectivity index (χ0n) is 15.8. The van der Waals surface area contributed by atoms with Crippen molar-refractivity contribution >= 4 is 17.7 Å². The van der Waals surface area contributed by atoms with Crippen molar-refractivity contribution in [3.05, 3.63) is 36.2 Å². The van der Waals surface area contributed by atoms with Gasteiger partial charge in [-0.1, -0.05) is 11.8 Å². The molecule has 6 nitrogen and oxygen atoms in total. The van der Waals surface area contributed by atoms with Crippen molar-refractivity contribution in [3.8, 4) is 11.5 Å². The summed E-state index contributed by atoms with van der Waals surface area (Å²) in [5.41, 5.74) is 1.02. The molecular weight excluding hydrogens is 362 g/mol. The molecule has 27 heavy (non-hydrogen) atoms. The van der Waals surface area contributed by atoms with E-state index in [0.29, 0.717) is 11.8 Å². The van der Waals surface area contributed by atoms with Gasteiger partial charge in [0.2, 0.25) is 5.91 Å². The maximum Gasteiger partial charge on any atom is 0.233 e. The van der Waals surface area contributed by atoms with E-state index in [2.05, 4.69) is 9.55 Å². The van der Waals surface area contributed by atoms with Gasteiger partial charge in [-0.05, 0) is 43.9 Å². The van der Waals surface area contributed by atoms with Crippen LogP contribution in [0.3, 0.4) is 0 Å². The van der Waals surface area contributed by atoms with E-state index >= 15 is 0 Å². The maximum atomic E-state index is 13.0. The Bertz CT molecular complexity index is 819. The van der Waals surface area contributed by atoms with Gasteiger partial charge in [-0.3, -0.25) is 4.79 Å². The molecule has 0 N–H and O–H groups in total. The first-order chi connectivity index (χ1) is 13.2. The number of aromatic nitrogens is 2. The van der Waals surface area contributed by atoms with Gasteiger partial charge in [-0.25, -0.2) is 4.98 Å². The van der Waals surface area contributed by atoms with Crippen LogP contribution in [-0.4, -0.2) is 46.9 Å². The maximum absolute atomic E-state index is 13.0. The highest BCUT2D eigenvalue weighted by Crippen LogP contribution is 2.40. The van der Waals surface area contributed by atoms with Gasteiger partial charge in [0.15, 0.2) is 5.16 Å². The molecule has 0 spiro atoms. The number of amides is 1. The van der Waals surface area contributed by atoms with Gasteiger partial charge in [-0.15, -0.1) is 0 Å². The van der Waals surface area contributed by atoms with Crippen LogP contribution < -0.4 is 9.47 Å². The van der Waals surface area contributed by atoms with Gasteiger partial charge >= 0.3 is 0 Å². The highest BCUT2D eigenvalue weighted by Gasteiger charge is 2.32. The van der Waals surface area contributed by atoms with E-state index in [4.69, 9.17) is 9.47 Å². The van der Waals surface area contributed by atoms with Crippen LogP contribution in [0.5, 0.6) is 11.5 Å². The summed E-state index contributed by atoms with van der Waals surface area (Å²) in [5.74, 6) is 2.15. The Kier molecular flexibility index (Phi) is 5.29. The Hall–Kier alpha value is -2.15. The van der Waals surface area contributed by atoms with Crippen LogP contribution in [0.15, 0.2) is 35.7 Å². The number of rotatable bonds is 7. The molecule has 1 saturated carbocycles. The third-order valence-corrected chi connectivity index (χ3v) is 6.23. The molecule has 0 bridgehead atoms. The molecule has 1 amide bonds. The number of hydrogen-bond acceptors (Lipinski definition) is 5. The predicted octanol–water partition coefficient (Wildman–Crippen LogP) is 3.69. The van der Waals surface area contributed by atoms with Crippen LogP contribution in [0.1, 0.15) is 43.3 Å². The SMILES string of the molecule is COc1ccc(OC)c(C2CCCN2C(=O)CSc2nccn2C2CC2)c1. The molecule has 2 fully saturated rings. The summed E-state index contributed by atoms with van der Waals surface area (Å²) < 4.78 is 13.1. The molecule has 1 aliphatic heterocycles. The fraction of sp³-hybridized carbons (Fsp3) is 0.500. The molecule has 1 aliphatic carbocycles. The Balaban J connectivity index is 1.47. The molecule has 4 rings (SSSR count). The summed E-state index contributed by atoms with van der Waals surface area (Å²) in [7, 11) is 3.32. The van der Waals surface area contributed by atoms with Crippen molar-refractivity contribution in [2.75, 3.05) is 26.5 Å². The molecular formula is C20H25N3O3S. The van der Waals surface area contributed by atoms with E-state index in [1.807, 2.05) is 35.5 Å². The summed E-state index contributed by atoms with van der Waals surface area (Å²) in [4.78, 5) is 19.4. The van der Waals surface area contributed by atoms with Gasteiger partial charge in [0, 0.05) is 30.5 Å². The largest absolute Gasteiger partial charge is 0.497 e. The smallest absolute Gasteiger partial charge is 0.233 e. The van der Waals surface area contributed by atoms with Crippen molar-refractivity contribution < 1.29 is 14.3 Å². The quantitative estimate of drug-likeness (QED) is 0.678. The van der Waals surface area contributed by atoms with Crippen molar-refractivity contribution in [2.24, 2.45) is 0 Å². The molecule has 1 aromatic carbocycles. The fourth-order valence-corrected chi connectivity index (χ4v) is 4.65. The van der Waals surface area contributed by atoms with Crippen LogP contribution in [0.4, 0.5) is 0 Å². The van der Waals surface area contributed by atoms with Crippen molar-refractivity contribution in [1.82, 2.24) is 14.5 Å². The zero-order chi connectivity index (χ0) is 18.8. The van der Waals surface area contributed by atoms with E-state index in [9.17, 15) is 4.79 Å². The number of nitrogens with zero attached hydrogens (tertiary/aromatic N) is 3.